The molecule has 0 bridgehead atoms. The van der Waals surface area contributed by atoms with E-state index >= 15 is 0 Å². The Morgan fingerprint density at radius 1 is 0.921 bits per heavy atom. The van der Waals surface area contributed by atoms with Crippen LogP contribution in [0.25, 0.3) is 11.4 Å². The van der Waals surface area contributed by atoms with E-state index in [1.165, 1.54) is 11.8 Å². The van der Waals surface area contributed by atoms with E-state index in [1.807, 2.05) is 19.2 Å². The number of esters is 1. The first-order chi connectivity index (χ1) is 18.4. The Bertz CT molecular complexity index is 1460. The molecule has 0 aliphatic rings. The summed E-state index contributed by atoms with van der Waals surface area (Å²) in [4.78, 5) is 36.6. The zero-order chi connectivity index (χ0) is 27.1. The molecule has 0 fully saturated rings. The Morgan fingerprint density at radius 3 is 2.26 bits per heavy atom. The van der Waals surface area contributed by atoms with Gasteiger partial charge < -0.3 is 19.9 Å². The molecule has 4 aromatic rings. The minimum absolute atomic E-state index is 0.124. The molecule has 0 spiro atoms. The van der Waals surface area contributed by atoms with Crippen molar-refractivity contribution < 1.29 is 19.1 Å². The summed E-state index contributed by atoms with van der Waals surface area (Å²) in [5.74, 6) is -0.184. The number of amides is 2. The normalized spacial score (nSPS) is 10.6. The zero-order valence-electron chi connectivity index (χ0n) is 20.6. The Morgan fingerprint density at radius 2 is 1.58 bits per heavy atom. The van der Waals surface area contributed by atoms with Gasteiger partial charge in [0.1, 0.15) is 0 Å². The third-order valence-electron chi connectivity index (χ3n) is 5.37. The third kappa shape index (κ3) is 6.58. The second-order valence-electron chi connectivity index (χ2n) is 8.01. The number of nitrogens with one attached hydrogen (secondary N) is 2. The summed E-state index contributed by atoms with van der Waals surface area (Å²) in [7, 11) is 1.82. The molecule has 2 amide bonds. The fourth-order valence-corrected chi connectivity index (χ4v) is 4.40. The standard InChI is InChI=1S/C27H24ClN5O4S/c1-3-37-26(36)18-10-14-19(15-11-18)29-23(34)16-38-27-32-31-24(33(27)2)17-8-12-20(13-9-17)30-25(35)21-6-4-5-7-22(21)28/h4-15H,3,16H2,1-2H3,(H,29,34)(H,30,35). The summed E-state index contributed by atoms with van der Waals surface area (Å²) in [6.45, 7) is 2.04. The second-order valence-corrected chi connectivity index (χ2v) is 9.36. The zero-order valence-corrected chi connectivity index (χ0v) is 22.2. The van der Waals surface area contributed by atoms with Crippen molar-refractivity contribution in [1.29, 1.82) is 0 Å². The molecule has 1 heterocycles. The molecule has 2 N–H and O–H groups in total. The Labute approximate surface area is 228 Å². The number of anilines is 2. The lowest BCUT2D eigenvalue weighted by atomic mass is 10.1. The summed E-state index contributed by atoms with van der Waals surface area (Å²) < 4.78 is 6.75. The molecule has 38 heavy (non-hydrogen) atoms. The van der Waals surface area contributed by atoms with E-state index in [4.69, 9.17) is 16.3 Å². The lowest BCUT2D eigenvalue weighted by Crippen LogP contribution is -2.14. The van der Waals surface area contributed by atoms with Crippen LogP contribution in [-0.4, -0.2) is 44.9 Å². The molecule has 9 nitrogen and oxygen atoms in total. The summed E-state index contributed by atoms with van der Waals surface area (Å²) >= 11 is 7.35. The molecule has 0 unspecified atom stereocenters. The van der Waals surface area contributed by atoms with Crippen LogP contribution in [0.3, 0.4) is 0 Å². The molecule has 0 aliphatic carbocycles. The summed E-state index contributed by atoms with van der Waals surface area (Å²) in [5.41, 5.74) is 2.80. The highest BCUT2D eigenvalue weighted by atomic mass is 35.5. The van der Waals surface area contributed by atoms with E-state index < -0.39 is 5.97 Å². The maximum atomic E-state index is 12.5. The molecule has 0 saturated carbocycles. The first-order valence-electron chi connectivity index (χ1n) is 11.6. The number of thioether (sulfide) groups is 1. The van der Waals surface area contributed by atoms with E-state index in [1.54, 1.807) is 72.2 Å². The fourth-order valence-electron chi connectivity index (χ4n) is 3.47. The smallest absolute Gasteiger partial charge is 0.338 e. The van der Waals surface area contributed by atoms with Gasteiger partial charge in [0.05, 0.1) is 28.5 Å². The number of nitrogens with zero attached hydrogens (tertiary/aromatic N) is 3. The van der Waals surface area contributed by atoms with E-state index in [-0.39, 0.29) is 17.6 Å². The van der Waals surface area contributed by atoms with Crippen molar-refractivity contribution in [3.8, 4) is 11.4 Å². The maximum absolute atomic E-state index is 12.5. The first-order valence-corrected chi connectivity index (χ1v) is 13.0. The van der Waals surface area contributed by atoms with Gasteiger partial charge in [-0.2, -0.15) is 0 Å². The van der Waals surface area contributed by atoms with Crippen molar-refractivity contribution in [3.63, 3.8) is 0 Å². The van der Waals surface area contributed by atoms with Crippen molar-refractivity contribution in [1.82, 2.24) is 14.8 Å². The van der Waals surface area contributed by atoms with Crippen LogP contribution >= 0.6 is 23.4 Å². The number of carbonyl (C=O) groups is 3. The van der Waals surface area contributed by atoms with Crippen LogP contribution in [0.1, 0.15) is 27.6 Å². The molecule has 0 aliphatic heterocycles. The SMILES string of the molecule is CCOC(=O)c1ccc(NC(=O)CSc2nnc(-c3ccc(NC(=O)c4ccccc4Cl)cc3)n2C)cc1. The van der Waals surface area contributed by atoms with Crippen LogP contribution in [0.5, 0.6) is 0 Å². The topological polar surface area (TPSA) is 115 Å². The third-order valence-corrected chi connectivity index (χ3v) is 6.72. The van der Waals surface area contributed by atoms with Gasteiger partial charge in [0.25, 0.3) is 5.91 Å². The van der Waals surface area contributed by atoms with Crippen LogP contribution in [0.4, 0.5) is 11.4 Å². The van der Waals surface area contributed by atoms with Gasteiger partial charge >= 0.3 is 5.97 Å². The Hall–Kier alpha value is -4.15. The summed E-state index contributed by atoms with van der Waals surface area (Å²) in [5, 5.41) is 15.0. The lowest BCUT2D eigenvalue weighted by molar-refractivity contribution is -0.113. The lowest BCUT2D eigenvalue weighted by Gasteiger charge is -2.08. The molecule has 4 rings (SSSR count). The number of hydrogen-bond donors (Lipinski definition) is 2. The summed E-state index contributed by atoms with van der Waals surface area (Å²) in [6.07, 6.45) is 0. The van der Waals surface area contributed by atoms with Gasteiger partial charge in [-0.05, 0) is 67.6 Å². The van der Waals surface area contributed by atoms with Crippen molar-refractivity contribution >= 4 is 52.5 Å². The Balaban J connectivity index is 1.33. The molecule has 0 radical (unpaired) electrons. The molecule has 0 atom stereocenters. The average molecular weight is 550 g/mol. The van der Waals surface area contributed by atoms with Gasteiger partial charge in [-0.15, -0.1) is 10.2 Å². The fraction of sp³-hybridized carbons (Fsp3) is 0.148. The number of hydrogen-bond acceptors (Lipinski definition) is 7. The number of rotatable bonds is 9. The van der Waals surface area contributed by atoms with Gasteiger partial charge in [0.2, 0.25) is 5.91 Å². The Kier molecular flexibility index (Phi) is 8.77. The first kappa shape index (κ1) is 26.9. The van der Waals surface area contributed by atoms with Gasteiger partial charge in [-0.1, -0.05) is 35.5 Å². The van der Waals surface area contributed by atoms with Crippen LogP contribution in [-0.2, 0) is 16.6 Å². The molecule has 1 aromatic heterocycles. The summed E-state index contributed by atoms with van der Waals surface area (Å²) in [6, 6.07) is 20.5. The quantitative estimate of drug-likeness (QED) is 0.215. The van der Waals surface area contributed by atoms with Crippen LogP contribution < -0.4 is 10.6 Å². The second kappa shape index (κ2) is 12.4. The number of carbonyl (C=O) groups excluding carboxylic acids is 3. The molecule has 0 saturated heterocycles. The molecule has 11 heteroatoms. The largest absolute Gasteiger partial charge is 0.462 e. The van der Waals surface area contributed by atoms with E-state index in [9.17, 15) is 14.4 Å². The van der Waals surface area contributed by atoms with Gasteiger partial charge in [-0.3, -0.25) is 9.59 Å². The van der Waals surface area contributed by atoms with Crippen LogP contribution in [0, 0.1) is 0 Å². The predicted molar refractivity (Wildman–Crippen MR) is 148 cm³/mol. The molecule has 194 valence electrons. The average Bonchev–Trinajstić information content (AvgIpc) is 3.28. The molecular weight excluding hydrogens is 526 g/mol. The van der Waals surface area contributed by atoms with E-state index in [2.05, 4.69) is 20.8 Å². The van der Waals surface area contributed by atoms with Crippen molar-refractivity contribution in [2.75, 3.05) is 23.0 Å². The molecular formula is C27H24ClN5O4S. The monoisotopic (exact) mass is 549 g/mol. The van der Waals surface area contributed by atoms with Gasteiger partial charge in [0.15, 0.2) is 11.0 Å². The molecule has 3 aromatic carbocycles. The number of halogens is 1. The van der Waals surface area contributed by atoms with Crippen molar-refractivity contribution in [2.24, 2.45) is 7.05 Å². The number of aromatic nitrogens is 3. The van der Waals surface area contributed by atoms with Gasteiger partial charge in [-0.25, -0.2) is 4.79 Å². The predicted octanol–water partition coefficient (Wildman–Crippen LogP) is 5.30. The van der Waals surface area contributed by atoms with Crippen LogP contribution in [0.15, 0.2) is 78.0 Å². The van der Waals surface area contributed by atoms with E-state index in [0.29, 0.717) is 45.1 Å². The van der Waals surface area contributed by atoms with Gasteiger partial charge in [0, 0.05) is 24.0 Å². The maximum Gasteiger partial charge on any atom is 0.338 e. The number of benzene rings is 3. The van der Waals surface area contributed by atoms with Crippen molar-refractivity contribution in [3.05, 3.63) is 88.9 Å². The number of ether oxygens (including phenoxy) is 1. The van der Waals surface area contributed by atoms with Crippen molar-refractivity contribution in [2.45, 2.75) is 12.1 Å². The minimum Gasteiger partial charge on any atom is -0.462 e. The highest BCUT2D eigenvalue weighted by molar-refractivity contribution is 7.99. The van der Waals surface area contributed by atoms with Crippen LogP contribution in [0.2, 0.25) is 5.02 Å². The highest BCUT2D eigenvalue weighted by Gasteiger charge is 2.15. The van der Waals surface area contributed by atoms with E-state index in [0.717, 1.165) is 5.56 Å². The highest BCUT2D eigenvalue weighted by Crippen LogP contribution is 2.25. The minimum atomic E-state index is -0.407.